The first kappa shape index (κ1) is 25.8. The van der Waals surface area contributed by atoms with E-state index in [0.29, 0.717) is 35.6 Å². The number of nitrogens with one attached hydrogen (secondary N) is 1. The minimum atomic E-state index is -0.978. The van der Waals surface area contributed by atoms with E-state index in [1.807, 2.05) is 11.0 Å². The first-order valence-electron chi connectivity index (χ1n) is 12.2. The van der Waals surface area contributed by atoms with E-state index in [-0.39, 0.29) is 28.6 Å². The van der Waals surface area contributed by atoms with Crippen molar-refractivity contribution in [3.05, 3.63) is 89.9 Å². The van der Waals surface area contributed by atoms with Gasteiger partial charge in [-0.05, 0) is 48.4 Å². The van der Waals surface area contributed by atoms with E-state index in [2.05, 4.69) is 21.4 Å². The molecule has 1 aliphatic heterocycles. The minimum Gasteiger partial charge on any atom is -0.496 e. The predicted molar refractivity (Wildman–Crippen MR) is 143 cm³/mol. The van der Waals surface area contributed by atoms with Gasteiger partial charge in [0, 0.05) is 43.3 Å². The van der Waals surface area contributed by atoms with Crippen molar-refractivity contribution in [2.24, 2.45) is 5.73 Å². The monoisotopic (exact) mass is 526 g/mol. The molecule has 0 bridgehead atoms. The summed E-state index contributed by atoms with van der Waals surface area (Å²) in [5.41, 5.74) is 8.28. The van der Waals surface area contributed by atoms with E-state index in [9.17, 15) is 14.4 Å². The quantitative estimate of drug-likeness (QED) is 0.372. The van der Waals surface area contributed by atoms with Crippen LogP contribution in [0.2, 0.25) is 0 Å². The summed E-state index contributed by atoms with van der Waals surface area (Å²) in [6.45, 7) is 1.22. The van der Waals surface area contributed by atoms with Gasteiger partial charge in [0.25, 0.3) is 5.91 Å². The average molecular weight is 527 g/mol. The molecule has 8 nitrogen and oxygen atoms in total. The molecule has 4 aromatic rings. The molecule has 0 aliphatic carbocycles. The number of aromatic nitrogens is 2. The lowest BCUT2D eigenvalue weighted by Crippen LogP contribution is -2.27. The molecule has 196 valence electrons. The third kappa shape index (κ3) is 5.00. The Morgan fingerprint density at radius 3 is 2.79 bits per heavy atom. The summed E-state index contributed by atoms with van der Waals surface area (Å²) >= 11 is 0. The van der Waals surface area contributed by atoms with Crippen LogP contribution in [0.3, 0.4) is 0 Å². The standard InChI is InChI=1S/C29H24F2N6O2/c1-39-25-4-2-3-22(30)26(25)28-27(31)20(8-11-35-28)29(38)36-23-6-5-17(21-15-34-10-7-18(21)14-32)13-24(23)37-12-9-19(33)16-37/h2-8,10-11,13,15,19H,9,12,16,33H2,1H3,(H,36,38). The Morgan fingerprint density at radius 1 is 1.21 bits per heavy atom. The zero-order valence-corrected chi connectivity index (χ0v) is 21.0. The lowest BCUT2D eigenvalue weighted by Gasteiger charge is -2.23. The number of pyridine rings is 2. The normalized spacial score (nSPS) is 14.6. The molecule has 1 saturated heterocycles. The number of anilines is 2. The van der Waals surface area contributed by atoms with Gasteiger partial charge in [-0.15, -0.1) is 0 Å². The topological polar surface area (TPSA) is 117 Å². The number of rotatable bonds is 6. The van der Waals surface area contributed by atoms with Gasteiger partial charge in [0.2, 0.25) is 0 Å². The van der Waals surface area contributed by atoms with Crippen molar-refractivity contribution in [2.75, 3.05) is 30.4 Å². The second kappa shape index (κ2) is 10.8. The van der Waals surface area contributed by atoms with Gasteiger partial charge < -0.3 is 20.7 Å². The van der Waals surface area contributed by atoms with Gasteiger partial charge in [0.05, 0.1) is 41.2 Å². The molecule has 3 heterocycles. The molecule has 2 aromatic carbocycles. The van der Waals surface area contributed by atoms with Gasteiger partial charge in [-0.3, -0.25) is 14.8 Å². The van der Waals surface area contributed by atoms with Crippen molar-refractivity contribution in [3.63, 3.8) is 0 Å². The fourth-order valence-corrected chi connectivity index (χ4v) is 4.68. The van der Waals surface area contributed by atoms with Crippen LogP contribution in [0.15, 0.2) is 67.1 Å². The van der Waals surface area contributed by atoms with Gasteiger partial charge >= 0.3 is 0 Å². The predicted octanol–water partition coefficient (Wildman–Crippen LogP) is 4.76. The molecule has 1 unspecified atom stereocenters. The molecule has 1 amide bonds. The van der Waals surface area contributed by atoms with E-state index in [1.54, 1.807) is 30.6 Å². The molecule has 39 heavy (non-hydrogen) atoms. The lowest BCUT2D eigenvalue weighted by molar-refractivity contribution is 0.102. The molecule has 10 heteroatoms. The second-order valence-corrected chi connectivity index (χ2v) is 9.05. The van der Waals surface area contributed by atoms with Crippen molar-refractivity contribution in [1.82, 2.24) is 9.97 Å². The van der Waals surface area contributed by atoms with Gasteiger partial charge in [0.15, 0.2) is 5.82 Å². The number of methoxy groups -OCH3 is 1. The smallest absolute Gasteiger partial charge is 0.258 e. The van der Waals surface area contributed by atoms with E-state index in [0.717, 1.165) is 12.0 Å². The molecule has 2 aromatic heterocycles. The van der Waals surface area contributed by atoms with E-state index >= 15 is 4.39 Å². The molecule has 1 atom stereocenters. The highest BCUT2D eigenvalue weighted by Crippen LogP contribution is 2.36. The van der Waals surface area contributed by atoms with Gasteiger partial charge in [0.1, 0.15) is 17.3 Å². The summed E-state index contributed by atoms with van der Waals surface area (Å²) in [5, 5.41) is 12.3. The summed E-state index contributed by atoms with van der Waals surface area (Å²) in [6.07, 6.45) is 5.16. The maximum atomic E-state index is 15.6. The molecule has 5 rings (SSSR count). The lowest BCUT2D eigenvalue weighted by atomic mass is 10.0. The first-order valence-corrected chi connectivity index (χ1v) is 12.2. The van der Waals surface area contributed by atoms with Crippen LogP contribution in [-0.4, -0.2) is 42.1 Å². The zero-order chi connectivity index (χ0) is 27.5. The minimum absolute atomic E-state index is 0.0405. The fourth-order valence-electron chi connectivity index (χ4n) is 4.68. The number of amides is 1. The Labute approximate surface area is 223 Å². The van der Waals surface area contributed by atoms with Gasteiger partial charge in [-0.25, -0.2) is 8.78 Å². The summed E-state index contributed by atoms with van der Waals surface area (Å²) < 4.78 is 35.5. The average Bonchev–Trinajstić information content (AvgIpc) is 3.39. The van der Waals surface area contributed by atoms with Crippen LogP contribution in [-0.2, 0) is 0 Å². The Bertz CT molecular complexity index is 1600. The van der Waals surface area contributed by atoms with Crippen molar-refractivity contribution in [3.8, 4) is 34.2 Å². The molecule has 1 fully saturated rings. The Morgan fingerprint density at radius 2 is 2.05 bits per heavy atom. The van der Waals surface area contributed by atoms with Crippen molar-refractivity contribution in [2.45, 2.75) is 12.5 Å². The number of carbonyl (C=O) groups is 1. The summed E-state index contributed by atoms with van der Waals surface area (Å²) in [7, 11) is 1.34. The number of nitrogens with two attached hydrogens (primary N) is 1. The largest absolute Gasteiger partial charge is 0.496 e. The summed E-state index contributed by atoms with van der Waals surface area (Å²) in [5.74, 6) is -2.35. The van der Waals surface area contributed by atoms with Gasteiger partial charge in [-0.1, -0.05) is 12.1 Å². The van der Waals surface area contributed by atoms with Crippen LogP contribution in [0.5, 0.6) is 5.75 Å². The third-order valence-corrected chi connectivity index (χ3v) is 6.63. The molecule has 1 aliphatic rings. The number of hydrogen-bond donors (Lipinski definition) is 2. The van der Waals surface area contributed by atoms with Crippen molar-refractivity contribution < 1.29 is 18.3 Å². The SMILES string of the molecule is COc1cccc(F)c1-c1nccc(C(=O)Nc2ccc(-c3cnccc3C#N)cc2N2CCC(N)C2)c1F. The fraction of sp³-hybridized carbons (Fsp3) is 0.172. The molecular formula is C29H24F2N6O2. The third-order valence-electron chi connectivity index (χ3n) is 6.63. The van der Waals surface area contributed by atoms with Crippen LogP contribution in [0.1, 0.15) is 22.3 Å². The summed E-state index contributed by atoms with van der Waals surface area (Å²) in [4.78, 5) is 23.5. The first-order chi connectivity index (χ1) is 18.9. The Balaban J connectivity index is 1.53. The molecule has 0 saturated carbocycles. The Hall–Kier alpha value is -4.88. The van der Waals surface area contributed by atoms with Crippen LogP contribution < -0.4 is 20.7 Å². The maximum Gasteiger partial charge on any atom is 0.258 e. The number of hydrogen-bond acceptors (Lipinski definition) is 7. The van der Waals surface area contributed by atoms with E-state index in [4.69, 9.17) is 10.5 Å². The second-order valence-electron chi connectivity index (χ2n) is 9.05. The number of nitrogens with zero attached hydrogens (tertiary/aromatic N) is 4. The van der Waals surface area contributed by atoms with Crippen molar-refractivity contribution in [1.29, 1.82) is 5.26 Å². The van der Waals surface area contributed by atoms with Crippen LogP contribution in [0.25, 0.3) is 22.4 Å². The number of nitriles is 1. The zero-order valence-electron chi connectivity index (χ0n) is 21.0. The van der Waals surface area contributed by atoms with Crippen LogP contribution in [0.4, 0.5) is 20.2 Å². The molecular weight excluding hydrogens is 502 g/mol. The summed E-state index contributed by atoms with van der Waals surface area (Å²) in [6, 6.07) is 14.4. The number of carbonyl (C=O) groups excluding carboxylic acids is 1. The number of benzene rings is 2. The number of ether oxygens (including phenoxy) is 1. The Kier molecular flexibility index (Phi) is 7.17. The van der Waals surface area contributed by atoms with E-state index in [1.165, 1.54) is 37.6 Å². The molecule has 0 radical (unpaired) electrons. The van der Waals surface area contributed by atoms with Crippen molar-refractivity contribution >= 4 is 17.3 Å². The highest BCUT2D eigenvalue weighted by Gasteiger charge is 2.26. The highest BCUT2D eigenvalue weighted by atomic mass is 19.1. The van der Waals surface area contributed by atoms with Gasteiger partial charge in [-0.2, -0.15) is 5.26 Å². The highest BCUT2D eigenvalue weighted by molar-refractivity contribution is 6.07. The molecule has 0 spiro atoms. The van der Waals surface area contributed by atoms with Crippen LogP contribution in [0, 0.1) is 23.0 Å². The molecule has 3 N–H and O–H groups in total. The van der Waals surface area contributed by atoms with Crippen LogP contribution >= 0.6 is 0 Å². The maximum absolute atomic E-state index is 15.6. The number of halogens is 2. The van der Waals surface area contributed by atoms with E-state index < -0.39 is 17.5 Å².